The smallest absolute Gasteiger partial charge is 0.822 e. The molecule has 0 rings (SSSR count). The topological polar surface area (TPSA) is 86.2 Å². The van der Waals surface area contributed by atoms with Gasteiger partial charge >= 0.3 is 39.9 Å². The van der Waals surface area contributed by atoms with Gasteiger partial charge in [0.05, 0.1) is 0 Å². The number of phosphoric acid groups is 1. The molecule has 0 atom stereocenters. The Bertz CT molecular complexity index is 57.8. The Labute approximate surface area is 67.0 Å². The van der Waals surface area contributed by atoms with E-state index < -0.39 is 7.82 Å². The Balaban J connectivity index is -0.0000000800. The van der Waals surface area contributed by atoms with Crippen LogP contribution in [0.5, 0.6) is 0 Å². The van der Waals surface area contributed by atoms with Crippen LogP contribution < -0.4 is 33.5 Å². The first kappa shape index (κ1) is 15.8. The zero-order valence-electron chi connectivity index (χ0n) is 3.49. The molecule has 7 heavy (non-hydrogen) atoms. The van der Waals surface area contributed by atoms with Gasteiger partial charge in [-0.2, -0.15) is 7.82 Å². The van der Waals surface area contributed by atoms with Crippen LogP contribution in [0.4, 0.5) is 0 Å². The van der Waals surface area contributed by atoms with Crippen LogP contribution in [-0.2, 0) is 25.6 Å². The molecule has 7 heteroatoms. The monoisotopic (exact) mass is 200 g/mol. The summed E-state index contributed by atoms with van der Waals surface area (Å²) >= 11 is 0. The first-order chi connectivity index (χ1) is 2.00. The molecule has 0 unspecified atom stereocenters. The van der Waals surface area contributed by atoms with E-state index in [1.54, 1.807) is 0 Å². The maximum absolute atomic E-state index is 8.55. The van der Waals surface area contributed by atoms with Gasteiger partial charge in [0.1, 0.15) is 0 Å². The Morgan fingerprint density at radius 1 is 1.14 bits per heavy atom. The number of rotatable bonds is 0. The fraction of sp³-hybridized carbons (Fsp3) is 0. The first-order valence-corrected chi connectivity index (χ1v) is 2.19. The van der Waals surface area contributed by atoms with Crippen molar-refractivity contribution in [3.8, 4) is 0 Å². The SMILES string of the molecule is O=P([O-])([O-])[O-].[Li+].[Mo+4]. The van der Waals surface area contributed by atoms with Gasteiger partial charge in [0, 0.05) is 0 Å². The molecule has 0 aromatic heterocycles. The molecule has 0 saturated heterocycles. The van der Waals surface area contributed by atoms with Gasteiger partial charge in [-0.25, -0.2) is 0 Å². The molecule has 0 fully saturated rings. The van der Waals surface area contributed by atoms with E-state index in [-0.39, 0.29) is 39.9 Å². The maximum atomic E-state index is 8.55. The van der Waals surface area contributed by atoms with Gasteiger partial charge < -0.3 is 19.2 Å². The Morgan fingerprint density at radius 3 is 1.14 bits per heavy atom. The minimum atomic E-state index is -5.39. The predicted octanol–water partition coefficient (Wildman–Crippen LogP) is -5.82. The van der Waals surface area contributed by atoms with E-state index >= 15 is 0 Å². The summed E-state index contributed by atoms with van der Waals surface area (Å²) in [6.45, 7) is 0. The van der Waals surface area contributed by atoms with Gasteiger partial charge in [-0.15, -0.1) is 0 Å². The van der Waals surface area contributed by atoms with Crippen molar-refractivity contribution in [1.82, 2.24) is 0 Å². The van der Waals surface area contributed by atoms with Crippen molar-refractivity contribution in [3.63, 3.8) is 0 Å². The van der Waals surface area contributed by atoms with E-state index in [0.717, 1.165) is 0 Å². The third-order valence-corrected chi connectivity index (χ3v) is 0. The summed E-state index contributed by atoms with van der Waals surface area (Å²) in [5.41, 5.74) is 0. The van der Waals surface area contributed by atoms with Crippen molar-refractivity contribution in [2.24, 2.45) is 0 Å². The zero-order valence-corrected chi connectivity index (χ0v) is 6.39. The van der Waals surface area contributed by atoms with E-state index in [0.29, 0.717) is 0 Å². The van der Waals surface area contributed by atoms with Gasteiger partial charge in [0.15, 0.2) is 0 Å². The number of hydrogen-bond donors (Lipinski definition) is 0. The molecule has 4 nitrogen and oxygen atoms in total. The Hall–Kier alpha value is 1.40. The fourth-order valence-electron chi connectivity index (χ4n) is 0. The van der Waals surface area contributed by atoms with Gasteiger partial charge in [-0.3, -0.25) is 0 Å². The summed E-state index contributed by atoms with van der Waals surface area (Å²) in [6, 6.07) is 0. The molecule has 0 aromatic carbocycles. The first-order valence-electron chi connectivity index (χ1n) is 0.730. The molecular formula is LiMoO4P+2. The van der Waals surface area contributed by atoms with Crippen LogP contribution in [0.25, 0.3) is 0 Å². The normalized spacial score (nSPS) is 8.43. The average molecular weight is 198 g/mol. The molecule has 0 N–H and O–H groups in total. The zero-order chi connectivity index (χ0) is 4.50. The third-order valence-electron chi connectivity index (χ3n) is 0. The van der Waals surface area contributed by atoms with Crippen molar-refractivity contribution < 1.29 is 59.2 Å². The maximum Gasteiger partial charge on any atom is 4.00 e. The summed E-state index contributed by atoms with van der Waals surface area (Å²) in [5.74, 6) is 0. The standard InChI is InChI=1S/Li.Mo.H3O4P/c;;1-5(2,3)4/h;;(H3,1,2,3,4)/q+1;+4;/p-3. The summed E-state index contributed by atoms with van der Waals surface area (Å²) in [7, 11) is -5.39. The second-order valence-electron chi connectivity index (χ2n) is 0.447. The predicted molar refractivity (Wildman–Crippen MR) is 7.61 cm³/mol. The largest absolute Gasteiger partial charge is 4.00 e. The molecule has 0 aliphatic rings. The summed E-state index contributed by atoms with van der Waals surface area (Å²) in [4.78, 5) is 25.6. The summed E-state index contributed by atoms with van der Waals surface area (Å²) < 4.78 is 8.55. The molecule has 0 aliphatic heterocycles. The van der Waals surface area contributed by atoms with E-state index in [4.69, 9.17) is 19.2 Å². The van der Waals surface area contributed by atoms with Gasteiger partial charge in [-0.05, 0) is 0 Å². The van der Waals surface area contributed by atoms with Gasteiger partial charge in [0.2, 0.25) is 0 Å². The molecule has 0 aromatic rings. The molecule has 0 aliphatic carbocycles. The second-order valence-corrected chi connectivity index (χ2v) is 1.34. The van der Waals surface area contributed by atoms with Crippen LogP contribution in [-0.4, -0.2) is 0 Å². The molecule has 34 valence electrons. The van der Waals surface area contributed by atoms with E-state index in [9.17, 15) is 0 Å². The van der Waals surface area contributed by atoms with Gasteiger partial charge in [-0.1, -0.05) is 0 Å². The van der Waals surface area contributed by atoms with Crippen LogP contribution in [0.2, 0.25) is 0 Å². The Kier molecular flexibility index (Phi) is 12.5. The van der Waals surface area contributed by atoms with Crippen molar-refractivity contribution in [2.75, 3.05) is 0 Å². The molecule has 0 heterocycles. The van der Waals surface area contributed by atoms with Gasteiger partial charge in [0.25, 0.3) is 0 Å². The van der Waals surface area contributed by atoms with E-state index in [1.807, 2.05) is 0 Å². The number of hydrogen-bond acceptors (Lipinski definition) is 4. The molecule has 0 spiro atoms. The Morgan fingerprint density at radius 2 is 1.14 bits per heavy atom. The van der Waals surface area contributed by atoms with Crippen molar-refractivity contribution in [3.05, 3.63) is 0 Å². The molecular weight excluding hydrogens is 198 g/mol. The minimum absolute atomic E-state index is 0. The molecule has 0 bridgehead atoms. The van der Waals surface area contributed by atoms with Crippen LogP contribution in [0, 0.1) is 0 Å². The van der Waals surface area contributed by atoms with Crippen molar-refractivity contribution in [1.29, 1.82) is 0 Å². The second kappa shape index (κ2) is 5.53. The summed E-state index contributed by atoms with van der Waals surface area (Å²) in [6.07, 6.45) is 0. The van der Waals surface area contributed by atoms with Crippen LogP contribution in [0.1, 0.15) is 0 Å². The molecule has 0 amide bonds. The van der Waals surface area contributed by atoms with Crippen molar-refractivity contribution >= 4 is 7.82 Å². The van der Waals surface area contributed by atoms with E-state index in [1.165, 1.54) is 0 Å². The molecule has 0 radical (unpaired) electrons. The van der Waals surface area contributed by atoms with Crippen molar-refractivity contribution in [2.45, 2.75) is 0 Å². The summed E-state index contributed by atoms with van der Waals surface area (Å²) in [5, 5.41) is 0. The third kappa shape index (κ3) is 111. The molecule has 0 saturated carbocycles. The van der Waals surface area contributed by atoms with Crippen LogP contribution >= 0.6 is 7.82 Å². The quantitative estimate of drug-likeness (QED) is 0.286. The van der Waals surface area contributed by atoms with E-state index in [2.05, 4.69) is 0 Å². The fourth-order valence-corrected chi connectivity index (χ4v) is 0. The van der Waals surface area contributed by atoms with Crippen LogP contribution in [0.3, 0.4) is 0 Å². The van der Waals surface area contributed by atoms with Crippen LogP contribution in [0.15, 0.2) is 0 Å². The average Bonchev–Trinajstić information content (AvgIpc) is 0.722. The minimum Gasteiger partial charge on any atom is -0.822 e.